The van der Waals surface area contributed by atoms with E-state index >= 15 is 0 Å². The maximum atomic E-state index is 12.1. The molecule has 0 atom stereocenters. The first-order chi connectivity index (χ1) is 17.7. The second-order valence-corrected chi connectivity index (χ2v) is 10.9. The molecule has 2 aromatic carbocycles. The van der Waals surface area contributed by atoms with Gasteiger partial charge >= 0.3 is 0 Å². The van der Waals surface area contributed by atoms with Crippen LogP contribution in [0.15, 0.2) is 60.8 Å². The Morgan fingerprint density at radius 3 is 2.49 bits per heavy atom. The summed E-state index contributed by atoms with van der Waals surface area (Å²) in [7, 11) is -1.90. The first-order valence-electron chi connectivity index (χ1n) is 11.9. The van der Waals surface area contributed by atoms with Crippen LogP contribution in [-0.4, -0.2) is 58.9 Å². The molecule has 4 rings (SSSR count). The number of anilines is 5. The van der Waals surface area contributed by atoms with Gasteiger partial charge in [-0.05, 0) is 35.9 Å². The molecule has 0 radical (unpaired) electrons. The number of hydrogen-bond acceptors (Lipinski definition) is 8. The third kappa shape index (κ3) is 6.89. The Bertz CT molecular complexity index is 1340. The minimum absolute atomic E-state index is 0.0226. The molecular formula is C26H32N6O4S. The quantitative estimate of drug-likeness (QED) is 0.369. The van der Waals surface area contributed by atoms with Crippen LogP contribution in [0.4, 0.5) is 28.6 Å². The summed E-state index contributed by atoms with van der Waals surface area (Å²) in [5.41, 5.74) is 10.1. The van der Waals surface area contributed by atoms with Crippen molar-refractivity contribution < 1.29 is 17.9 Å². The van der Waals surface area contributed by atoms with Crippen LogP contribution in [0.5, 0.6) is 0 Å². The first kappa shape index (κ1) is 26.2. The fraction of sp³-hybridized carbons (Fsp3) is 0.308. The molecule has 1 aliphatic rings. The number of benzene rings is 2. The lowest BCUT2D eigenvalue weighted by atomic mass is 10.1. The van der Waals surface area contributed by atoms with E-state index in [1.807, 2.05) is 30.3 Å². The summed E-state index contributed by atoms with van der Waals surface area (Å²) in [5, 5.41) is 6.64. The lowest BCUT2D eigenvalue weighted by Gasteiger charge is -2.28. The SMILES string of the molecule is CN(c1ccccc1CNc1cc(Nc2ccc(N3CCOCC3)cc2)ncc1CC(N)=O)S(C)(=O)=O. The van der Waals surface area contributed by atoms with Crippen molar-refractivity contribution in [1.82, 2.24) is 4.98 Å². The molecule has 0 spiro atoms. The van der Waals surface area contributed by atoms with E-state index < -0.39 is 15.9 Å². The highest BCUT2D eigenvalue weighted by atomic mass is 32.2. The van der Waals surface area contributed by atoms with Gasteiger partial charge in [0.15, 0.2) is 0 Å². The number of rotatable bonds is 10. The highest BCUT2D eigenvalue weighted by Crippen LogP contribution is 2.27. The molecule has 1 aromatic heterocycles. The molecule has 2 heterocycles. The summed E-state index contributed by atoms with van der Waals surface area (Å²) in [4.78, 5) is 18.4. The first-order valence-corrected chi connectivity index (χ1v) is 13.8. The molecule has 37 heavy (non-hydrogen) atoms. The number of amides is 1. The molecule has 1 saturated heterocycles. The van der Waals surface area contributed by atoms with Gasteiger partial charge in [-0.15, -0.1) is 0 Å². The zero-order valence-electron chi connectivity index (χ0n) is 21.0. The molecule has 196 valence electrons. The fourth-order valence-electron chi connectivity index (χ4n) is 4.11. The van der Waals surface area contributed by atoms with Crippen molar-refractivity contribution in [2.24, 2.45) is 5.73 Å². The van der Waals surface area contributed by atoms with E-state index in [1.54, 1.807) is 18.3 Å². The van der Waals surface area contributed by atoms with Crippen molar-refractivity contribution in [3.05, 3.63) is 71.9 Å². The van der Waals surface area contributed by atoms with Crippen molar-refractivity contribution in [2.45, 2.75) is 13.0 Å². The average Bonchev–Trinajstić information content (AvgIpc) is 2.88. The van der Waals surface area contributed by atoms with Gasteiger partial charge in [-0.1, -0.05) is 18.2 Å². The number of pyridine rings is 1. The van der Waals surface area contributed by atoms with Gasteiger partial charge in [0.2, 0.25) is 15.9 Å². The van der Waals surface area contributed by atoms with E-state index in [-0.39, 0.29) is 6.42 Å². The third-order valence-electron chi connectivity index (χ3n) is 6.16. The van der Waals surface area contributed by atoms with Crippen LogP contribution >= 0.6 is 0 Å². The third-order valence-corrected chi connectivity index (χ3v) is 7.36. The van der Waals surface area contributed by atoms with Crippen LogP contribution < -0.4 is 25.6 Å². The Hall–Kier alpha value is -3.83. The number of hydrogen-bond donors (Lipinski definition) is 3. The summed E-state index contributed by atoms with van der Waals surface area (Å²) < 4.78 is 30.9. The van der Waals surface area contributed by atoms with Crippen molar-refractivity contribution in [1.29, 1.82) is 0 Å². The largest absolute Gasteiger partial charge is 0.380 e. The Labute approximate surface area is 217 Å². The smallest absolute Gasteiger partial charge is 0.232 e. The summed E-state index contributed by atoms with van der Waals surface area (Å²) in [6, 6.07) is 17.2. The van der Waals surface area contributed by atoms with Gasteiger partial charge in [-0.25, -0.2) is 13.4 Å². The van der Waals surface area contributed by atoms with Crippen LogP contribution in [0.25, 0.3) is 0 Å². The fourth-order valence-corrected chi connectivity index (χ4v) is 4.64. The topological polar surface area (TPSA) is 130 Å². The van der Waals surface area contributed by atoms with Crippen molar-refractivity contribution in [3.8, 4) is 0 Å². The normalized spacial score (nSPS) is 13.7. The monoisotopic (exact) mass is 524 g/mol. The maximum absolute atomic E-state index is 12.1. The van der Waals surface area contributed by atoms with E-state index in [0.29, 0.717) is 29.3 Å². The Morgan fingerprint density at radius 1 is 1.11 bits per heavy atom. The summed E-state index contributed by atoms with van der Waals surface area (Å²) in [6.07, 6.45) is 2.80. The molecule has 1 fully saturated rings. The highest BCUT2D eigenvalue weighted by molar-refractivity contribution is 7.92. The molecule has 0 aliphatic carbocycles. The van der Waals surface area contributed by atoms with Gasteiger partial charge in [-0.3, -0.25) is 9.10 Å². The number of nitrogens with two attached hydrogens (primary N) is 1. The van der Waals surface area contributed by atoms with Crippen LogP contribution in [0.3, 0.4) is 0 Å². The Morgan fingerprint density at radius 2 is 1.81 bits per heavy atom. The highest BCUT2D eigenvalue weighted by Gasteiger charge is 2.16. The minimum atomic E-state index is -3.42. The lowest BCUT2D eigenvalue weighted by molar-refractivity contribution is -0.117. The zero-order chi connectivity index (χ0) is 26.4. The van der Waals surface area contributed by atoms with E-state index in [1.165, 1.54) is 11.4 Å². The van der Waals surface area contributed by atoms with Crippen LogP contribution in [0, 0.1) is 0 Å². The number of ether oxygens (including phenoxy) is 1. The predicted molar refractivity (Wildman–Crippen MR) is 147 cm³/mol. The second-order valence-electron chi connectivity index (χ2n) is 8.85. The van der Waals surface area contributed by atoms with E-state index in [2.05, 4.69) is 32.7 Å². The van der Waals surface area contributed by atoms with Gasteiger partial charge in [0.25, 0.3) is 0 Å². The van der Waals surface area contributed by atoms with E-state index in [4.69, 9.17) is 10.5 Å². The van der Waals surface area contributed by atoms with E-state index in [0.717, 1.165) is 49.5 Å². The molecule has 10 nitrogen and oxygen atoms in total. The van der Waals surface area contributed by atoms with Crippen LogP contribution in [0.1, 0.15) is 11.1 Å². The number of primary amides is 1. The molecular weight excluding hydrogens is 492 g/mol. The zero-order valence-corrected chi connectivity index (χ0v) is 21.8. The maximum Gasteiger partial charge on any atom is 0.232 e. The summed E-state index contributed by atoms with van der Waals surface area (Å²) >= 11 is 0. The average molecular weight is 525 g/mol. The Kier molecular flexibility index (Phi) is 8.14. The van der Waals surface area contributed by atoms with Gasteiger partial charge in [-0.2, -0.15) is 0 Å². The van der Waals surface area contributed by atoms with E-state index in [9.17, 15) is 13.2 Å². The number of morpholine rings is 1. The number of nitrogens with one attached hydrogen (secondary N) is 2. The van der Waals surface area contributed by atoms with Crippen molar-refractivity contribution >= 4 is 44.5 Å². The van der Waals surface area contributed by atoms with Crippen LogP contribution in [-0.2, 0) is 32.5 Å². The Balaban J connectivity index is 1.53. The van der Waals surface area contributed by atoms with Gasteiger partial charge in [0, 0.05) is 61.6 Å². The molecule has 0 bridgehead atoms. The summed E-state index contributed by atoms with van der Waals surface area (Å²) in [5.74, 6) is 0.123. The van der Waals surface area contributed by atoms with Crippen molar-refractivity contribution in [2.75, 3.05) is 59.4 Å². The number of para-hydroxylation sites is 1. The molecule has 0 saturated carbocycles. The summed E-state index contributed by atoms with van der Waals surface area (Å²) in [6.45, 7) is 3.53. The van der Waals surface area contributed by atoms with Gasteiger partial charge in [0.1, 0.15) is 5.82 Å². The number of sulfonamides is 1. The second kappa shape index (κ2) is 11.5. The number of carbonyl (C=O) groups is 1. The predicted octanol–water partition coefficient (Wildman–Crippen LogP) is 2.70. The number of nitrogens with zero attached hydrogens (tertiary/aromatic N) is 3. The standard InChI is InChI=1S/C26H32N6O4S/c1-31(37(2,34)35)24-6-4-3-5-19(24)17-28-23-16-26(29-18-20(23)15-25(27)33)30-21-7-9-22(10-8-21)32-11-13-36-14-12-32/h3-10,16,18H,11-15,17H2,1-2H3,(H2,27,33)(H2,28,29,30). The van der Waals surface area contributed by atoms with Gasteiger partial charge < -0.3 is 26.0 Å². The number of aromatic nitrogens is 1. The van der Waals surface area contributed by atoms with Gasteiger partial charge in [0.05, 0.1) is 31.6 Å². The molecule has 0 unspecified atom stereocenters. The molecule has 4 N–H and O–H groups in total. The molecule has 3 aromatic rings. The van der Waals surface area contributed by atoms with Crippen LogP contribution in [0.2, 0.25) is 0 Å². The van der Waals surface area contributed by atoms with Crippen molar-refractivity contribution in [3.63, 3.8) is 0 Å². The molecule has 1 aliphatic heterocycles. The lowest BCUT2D eigenvalue weighted by Crippen LogP contribution is -2.36. The number of carbonyl (C=O) groups excluding carboxylic acids is 1. The molecule has 1 amide bonds. The minimum Gasteiger partial charge on any atom is -0.380 e. The molecule has 11 heteroatoms.